The Balaban J connectivity index is 2.20. The van der Waals surface area contributed by atoms with Gasteiger partial charge in [0.05, 0.1) is 5.60 Å². The molecular weight excluding hydrogens is 359 g/mol. The summed E-state index contributed by atoms with van der Waals surface area (Å²) in [6.07, 6.45) is 0.574. The topological polar surface area (TPSA) is 20.2 Å². The van der Waals surface area contributed by atoms with E-state index in [1.165, 1.54) is 3.57 Å². The summed E-state index contributed by atoms with van der Waals surface area (Å²) >= 11 is 8.11. The van der Waals surface area contributed by atoms with Crippen LogP contribution in [0.15, 0.2) is 48.5 Å². The lowest BCUT2D eigenvalue weighted by Crippen LogP contribution is -2.24. The second-order valence-corrected chi connectivity index (χ2v) is 6.27. The van der Waals surface area contributed by atoms with Crippen molar-refractivity contribution in [1.82, 2.24) is 0 Å². The highest BCUT2D eigenvalue weighted by atomic mass is 127. The molecule has 0 aromatic heterocycles. The minimum Gasteiger partial charge on any atom is -0.385 e. The SMILES string of the molecule is CC(O)(Cc1ccc(Cl)cc1)c1ccc(I)cc1. The fraction of sp³-hybridized carbons (Fsp3) is 0.200. The number of hydrogen-bond acceptors (Lipinski definition) is 1. The Bertz CT molecular complexity index is 517. The van der Waals surface area contributed by atoms with Gasteiger partial charge in [0.2, 0.25) is 0 Å². The molecule has 94 valence electrons. The normalized spacial score (nSPS) is 14.2. The van der Waals surface area contributed by atoms with Gasteiger partial charge >= 0.3 is 0 Å². The molecule has 0 radical (unpaired) electrons. The minimum absolute atomic E-state index is 0.574. The highest BCUT2D eigenvalue weighted by Gasteiger charge is 2.23. The van der Waals surface area contributed by atoms with Crippen LogP contribution in [-0.2, 0) is 12.0 Å². The Morgan fingerprint density at radius 2 is 1.61 bits per heavy atom. The molecule has 0 heterocycles. The second-order valence-electron chi connectivity index (χ2n) is 4.58. The van der Waals surface area contributed by atoms with Crippen LogP contribution in [0.1, 0.15) is 18.1 Å². The van der Waals surface area contributed by atoms with Gasteiger partial charge in [0.25, 0.3) is 0 Å². The minimum atomic E-state index is -0.863. The predicted molar refractivity (Wildman–Crippen MR) is 83.9 cm³/mol. The van der Waals surface area contributed by atoms with Crippen LogP contribution in [0, 0.1) is 3.57 Å². The summed E-state index contributed by atoms with van der Waals surface area (Å²) in [5, 5.41) is 11.3. The van der Waals surface area contributed by atoms with Gasteiger partial charge in [0.15, 0.2) is 0 Å². The van der Waals surface area contributed by atoms with Crippen molar-refractivity contribution in [2.75, 3.05) is 0 Å². The Hall–Kier alpha value is -0.580. The van der Waals surface area contributed by atoms with Gasteiger partial charge < -0.3 is 5.11 Å². The van der Waals surface area contributed by atoms with Crippen LogP contribution < -0.4 is 0 Å². The van der Waals surface area contributed by atoms with E-state index in [1.54, 1.807) is 0 Å². The Morgan fingerprint density at radius 1 is 1.06 bits per heavy atom. The molecule has 18 heavy (non-hydrogen) atoms. The molecule has 1 atom stereocenters. The van der Waals surface area contributed by atoms with Crippen LogP contribution in [-0.4, -0.2) is 5.11 Å². The predicted octanol–water partition coefficient (Wildman–Crippen LogP) is 4.39. The van der Waals surface area contributed by atoms with Gasteiger partial charge in [-0.3, -0.25) is 0 Å². The number of rotatable bonds is 3. The summed E-state index contributed by atoms with van der Waals surface area (Å²) in [5.41, 5.74) is 1.14. The molecule has 0 aliphatic carbocycles. The molecule has 2 rings (SSSR count). The van der Waals surface area contributed by atoms with Crippen molar-refractivity contribution in [2.24, 2.45) is 0 Å². The maximum absolute atomic E-state index is 10.6. The molecule has 3 heteroatoms. The first-order chi connectivity index (χ1) is 8.47. The van der Waals surface area contributed by atoms with Crippen LogP contribution >= 0.6 is 34.2 Å². The van der Waals surface area contributed by atoms with E-state index >= 15 is 0 Å². The first-order valence-corrected chi connectivity index (χ1v) is 7.16. The van der Waals surface area contributed by atoms with Gasteiger partial charge in [0.1, 0.15) is 0 Å². The average molecular weight is 373 g/mol. The lowest BCUT2D eigenvalue weighted by atomic mass is 9.89. The molecule has 1 nitrogen and oxygen atoms in total. The molecule has 1 N–H and O–H groups in total. The molecule has 2 aromatic carbocycles. The summed E-state index contributed by atoms with van der Waals surface area (Å²) in [4.78, 5) is 0. The molecular formula is C15H14ClIO. The monoisotopic (exact) mass is 372 g/mol. The van der Waals surface area contributed by atoms with Crippen molar-refractivity contribution in [1.29, 1.82) is 0 Å². The molecule has 1 unspecified atom stereocenters. The molecule has 2 aromatic rings. The van der Waals surface area contributed by atoms with Gasteiger partial charge in [-0.05, 0) is 64.9 Å². The second kappa shape index (κ2) is 5.59. The van der Waals surface area contributed by atoms with E-state index in [2.05, 4.69) is 22.6 Å². The van der Waals surface area contributed by atoms with E-state index in [0.29, 0.717) is 11.4 Å². The smallest absolute Gasteiger partial charge is 0.0908 e. The molecule has 0 bridgehead atoms. The van der Waals surface area contributed by atoms with Crippen molar-refractivity contribution in [3.05, 3.63) is 68.3 Å². The van der Waals surface area contributed by atoms with Crippen LogP contribution in [0.3, 0.4) is 0 Å². The van der Waals surface area contributed by atoms with Crippen LogP contribution in [0.4, 0.5) is 0 Å². The summed E-state index contributed by atoms with van der Waals surface area (Å²) in [7, 11) is 0. The lowest BCUT2D eigenvalue weighted by Gasteiger charge is -2.24. The van der Waals surface area contributed by atoms with E-state index in [9.17, 15) is 5.11 Å². The fourth-order valence-corrected chi connectivity index (χ4v) is 2.40. The van der Waals surface area contributed by atoms with Gasteiger partial charge in [0, 0.05) is 15.0 Å². The maximum atomic E-state index is 10.6. The summed E-state index contributed by atoms with van der Waals surface area (Å²) in [5.74, 6) is 0. The Labute approximate surface area is 126 Å². The molecule has 0 saturated carbocycles. The van der Waals surface area contributed by atoms with Crippen molar-refractivity contribution < 1.29 is 5.11 Å². The number of hydrogen-bond donors (Lipinski definition) is 1. The molecule has 0 fully saturated rings. The van der Waals surface area contributed by atoms with Gasteiger partial charge in [-0.25, -0.2) is 0 Å². The molecule has 0 saturated heterocycles. The first-order valence-electron chi connectivity index (χ1n) is 5.70. The zero-order valence-corrected chi connectivity index (χ0v) is 12.9. The third-order valence-corrected chi connectivity index (χ3v) is 3.90. The Morgan fingerprint density at radius 3 is 2.17 bits per heavy atom. The molecule has 0 aliphatic heterocycles. The zero-order valence-electron chi connectivity index (χ0n) is 10.0. The van der Waals surface area contributed by atoms with Crippen molar-refractivity contribution in [2.45, 2.75) is 18.9 Å². The fourth-order valence-electron chi connectivity index (χ4n) is 1.91. The summed E-state index contributed by atoms with van der Waals surface area (Å²) in [6, 6.07) is 15.5. The van der Waals surface area contributed by atoms with Crippen LogP contribution in [0.25, 0.3) is 0 Å². The summed E-state index contributed by atoms with van der Waals surface area (Å²) < 4.78 is 1.17. The standard InChI is InChI=1S/C15H14ClIO/c1-15(18,12-4-8-14(17)9-5-12)10-11-2-6-13(16)7-3-11/h2-9,18H,10H2,1H3. The highest BCUT2D eigenvalue weighted by Crippen LogP contribution is 2.26. The molecule has 0 spiro atoms. The first kappa shape index (κ1) is 13.8. The van der Waals surface area contributed by atoms with E-state index in [-0.39, 0.29) is 0 Å². The average Bonchev–Trinajstić information content (AvgIpc) is 2.32. The molecule has 0 amide bonds. The van der Waals surface area contributed by atoms with Gasteiger partial charge in [-0.1, -0.05) is 35.9 Å². The van der Waals surface area contributed by atoms with Crippen molar-refractivity contribution >= 4 is 34.2 Å². The maximum Gasteiger partial charge on any atom is 0.0908 e. The van der Waals surface area contributed by atoms with E-state index in [1.807, 2.05) is 55.5 Å². The van der Waals surface area contributed by atoms with Crippen LogP contribution in [0.5, 0.6) is 0 Å². The number of benzene rings is 2. The lowest BCUT2D eigenvalue weighted by molar-refractivity contribution is 0.0576. The van der Waals surface area contributed by atoms with E-state index in [4.69, 9.17) is 11.6 Å². The zero-order chi connectivity index (χ0) is 13.2. The van der Waals surface area contributed by atoms with Gasteiger partial charge in [-0.15, -0.1) is 0 Å². The highest BCUT2D eigenvalue weighted by molar-refractivity contribution is 14.1. The third-order valence-electron chi connectivity index (χ3n) is 2.93. The van der Waals surface area contributed by atoms with Gasteiger partial charge in [-0.2, -0.15) is 0 Å². The Kier molecular flexibility index (Phi) is 4.30. The van der Waals surface area contributed by atoms with E-state index < -0.39 is 5.60 Å². The van der Waals surface area contributed by atoms with Crippen LogP contribution in [0.2, 0.25) is 5.02 Å². The molecule has 0 aliphatic rings. The third kappa shape index (κ3) is 3.46. The summed E-state index contributed by atoms with van der Waals surface area (Å²) in [6.45, 7) is 1.84. The van der Waals surface area contributed by atoms with E-state index in [0.717, 1.165) is 11.1 Å². The van der Waals surface area contributed by atoms with Crippen molar-refractivity contribution in [3.8, 4) is 0 Å². The quantitative estimate of drug-likeness (QED) is 0.792. The largest absolute Gasteiger partial charge is 0.385 e. The number of aliphatic hydroxyl groups is 1. The van der Waals surface area contributed by atoms with Crippen molar-refractivity contribution in [3.63, 3.8) is 0 Å². The number of halogens is 2.